The van der Waals surface area contributed by atoms with Crippen LogP contribution in [-0.2, 0) is 4.79 Å². The van der Waals surface area contributed by atoms with E-state index in [0.29, 0.717) is 0 Å². The van der Waals surface area contributed by atoms with E-state index in [4.69, 9.17) is 5.11 Å². The molecule has 0 bridgehead atoms. The monoisotopic (exact) mass is 245 g/mol. The molecule has 0 rings (SSSR count). The molecule has 0 heterocycles. The predicted molar refractivity (Wildman–Crippen MR) is 49.5 cm³/mol. The number of aliphatic hydroxyl groups excluding tert-OH is 1. The lowest BCUT2D eigenvalue weighted by Gasteiger charge is -2.30. The highest BCUT2D eigenvalue weighted by atomic mass is 19.3. The number of halogens is 4. The van der Waals surface area contributed by atoms with E-state index in [1.807, 2.05) is 5.32 Å². The topological polar surface area (TPSA) is 49.3 Å². The largest absolute Gasteiger partial charge is 0.396 e. The lowest BCUT2D eigenvalue weighted by molar-refractivity contribution is -0.171. The second-order valence-electron chi connectivity index (χ2n) is 3.77. The van der Waals surface area contributed by atoms with Crippen molar-refractivity contribution in [1.29, 1.82) is 0 Å². The first-order valence-electron chi connectivity index (χ1n) is 4.79. The summed E-state index contributed by atoms with van der Waals surface area (Å²) in [5.74, 6) is -6.72. The standard InChI is InChI=1S/C9H15F4NO2/c1-3-8(2,4-5-15)14-7(16)9(12,13)6(10)11/h6,15H,3-5H2,1-2H3,(H,14,16). The van der Waals surface area contributed by atoms with E-state index in [2.05, 4.69) is 0 Å². The first kappa shape index (κ1) is 15.2. The molecule has 0 saturated carbocycles. The van der Waals surface area contributed by atoms with E-state index in [-0.39, 0.29) is 19.4 Å². The average molecular weight is 245 g/mol. The maximum absolute atomic E-state index is 12.6. The van der Waals surface area contributed by atoms with Gasteiger partial charge in [0.1, 0.15) is 0 Å². The van der Waals surface area contributed by atoms with Crippen LogP contribution in [0.1, 0.15) is 26.7 Å². The molecular weight excluding hydrogens is 230 g/mol. The average Bonchev–Trinajstić information content (AvgIpc) is 2.17. The molecule has 0 saturated heterocycles. The number of nitrogens with one attached hydrogen (secondary N) is 1. The molecular formula is C9H15F4NO2. The summed E-state index contributed by atoms with van der Waals surface area (Å²) in [6.07, 6.45) is -3.77. The van der Waals surface area contributed by atoms with Gasteiger partial charge in [0.2, 0.25) is 0 Å². The first-order chi connectivity index (χ1) is 7.19. The number of rotatable bonds is 6. The van der Waals surface area contributed by atoms with Gasteiger partial charge in [0.05, 0.1) is 0 Å². The van der Waals surface area contributed by atoms with Gasteiger partial charge >= 0.3 is 12.3 Å². The number of carbonyl (C=O) groups is 1. The van der Waals surface area contributed by atoms with Gasteiger partial charge in [-0.3, -0.25) is 4.79 Å². The molecule has 96 valence electrons. The van der Waals surface area contributed by atoms with Gasteiger partial charge in [0, 0.05) is 12.1 Å². The summed E-state index contributed by atoms with van der Waals surface area (Å²) in [5.41, 5.74) is -1.11. The van der Waals surface area contributed by atoms with Crippen molar-refractivity contribution in [2.24, 2.45) is 0 Å². The van der Waals surface area contributed by atoms with Gasteiger partial charge in [-0.2, -0.15) is 8.78 Å². The maximum Gasteiger partial charge on any atom is 0.383 e. The fourth-order valence-electron chi connectivity index (χ4n) is 1.03. The van der Waals surface area contributed by atoms with Crippen LogP contribution in [0.3, 0.4) is 0 Å². The quantitative estimate of drug-likeness (QED) is 0.697. The summed E-state index contributed by atoms with van der Waals surface area (Å²) in [7, 11) is 0. The fourth-order valence-corrected chi connectivity index (χ4v) is 1.03. The number of carbonyl (C=O) groups excluding carboxylic acids is 1. The second kappa shape index (κ2) is 5.47. The van der Waals surface area contributed by atoms with Crippen molar-refractivity contribution in [1.82, 2.24) is 5.32 Å². The summed E-state index contributed by atoms with van der Waals surface area (Å²) in [5, 5.41) is 10.5. The maximum atomic E-state index is 12.6. The molecule has 7 heteroatoms. The van der Waals surface area contributed by atoms with Crippen LogP contribution in [0.25, 0.3) is 0 Å². The normalized spacial score (nSPS) is 16.0. The third-order valence-corrected chi connectivity index (χ3v) is 2.44. The lowest BCUT2D eigenvalue weighted by atomic mass is 9.94. The Bertz CT molecular complexity index is 248. The van der Waals surface area contributed by atoms with Crippen LogP contribution in [0.2, 0.25) is 0 Å². The van der Waals surface area contributed by atoms with Gasteiger partial charge in [-0.15, -0.1) is 0 Å². The van der Waals surface area contributed by atoms with Gasteiger partial charge in [-0.25, -0.2) is 8.78 Å². The van der Waals surface area contributed by atoms with Crippen molar-refractivity contribution in [3.8, 4) is 0 Å². The van der Waals surface area contributed by atoms with Crippen LogP contribution in [0.15, 0.2) is 0 Å². The molecule has 3 nitrogen and oxygen atoms in total. The van der Waals surface area contributed by atoms with Crippen LogP contribution in [0.4, 0.5) is 17.6 Å². The minimum atomic E-state index is -4.70. The Kier molecular flexibility index (Phi) is 5.18. The Balaban J connectivity index is 4.65. The zero-order chi connectivity index (χ0) is 13.0. The highest BCUT2D eigenvalue weighted by molar-refractivity contribution is 5.84. The van der Waals surface area contributed by atoms with Gasteiger partial charge in [-0.1, -0.05) is 6.92 Å². The van der Waals surface area contributed by atoms with E-state index in [9.17, 15) is 22.4 Å². The molecule has 1 unspecified atom stereocenters. The molecule has 16 heavy (non-hydrogen) atoms. The molecule has 0 aromatic rings. The molecule has 0 aliphatic heterocycles. The molecule has 0 fully saturated rings. The van der Waals surface area contributed by atoms with Crippen LogP contribution in [0.5, 0.6) is 0 Å². The van der Waals surface area contributed by atoms with Gasteiger partial charge < -0.3 is 10.4 Å². The minimum Gasteiger partial charge on any atom is -0.396 e. The van der Waals surface area contributed by atoms with Gasteiger partial charge in [-0.05, 0) is 19.8 Å². The number of alkyl halides is 4. The smallest absolute Gasteiger partial charge is 0.383 e. The fraction of sp³-hybridized carbons (Fsp3) is 0.889. The van der Waals surface area contributed by atoms with E-state index in [1.54, 1.807) is 6.92 Å². The molecule has 0 aliphatic rings. The van der Waals surface area contributed by atoms with Crippen LogP contribution >= 0.6 is 0 Å². The van der Waals surface area contributed by atoms with E-state index in [0.717, 1.165) is 0 Å². The second-order valence-corrected chi connectivity index (χ2v) is 3.77. The van der Waals surface area contributed by atoms with Crippen molar-refractivity contribution in [3.05, 3.63) is 0 Å². The Hall–Kier alpha value is -0.850. The van der Waals surface area contributed by atoms with Crippen molar-refractivity contribution in [3.63, 3.8) is 0 Å². The number of amides is 1. The predicted octanol–water partition coefficient (Wildman–Crippen LogP) is 1.55. The van der Waals surface area contributed by atoms with Crippen molar-refractivity contribution in [2.75, 3.05) is 6.61 Å². The molecule has 1 atom stereocenters. The van der Waals surface area contributed by atoms with E-state index < -0.39 is 23.8 Å². The summed E-state index contributed by atoms with van der Waals surface area (Å²) < 4.78 is 49.0. The van der Waals surface area contributed by atoms with Crippen LogP contribution < -0.4 is 5.32 Å². The summed E-state index contributed by atoms with van der Waals surface area (Å²) in [6, 6.07) is 0. The number of hydrogen-bond acceptors (Lipinski definition) is 2. The molecule has 0 spiro atoms. The highest BCUT2D eigenvalue weighted by Crippen LogP contribution is 2.25. The molecule has 0 radical (unpaired) electrons. The summed E-state index contributed by atoms with van der Waals surface area (Å²) >= 11 is 0. The Morgan fingerprint density at radius 1 is 1.44 bits per heavy atom. The zero-order valence-electron chi connectivity index (χ0n) is 9.07. The number of aliphatic hydroxyl groups is 1. The molecule has 0 aromatic carbocycles. The lowest BCUT2D eigenvalue weighted by Crippen LogP contribution is -2.54. The van der Waals surface area contributed by atoms with Crippen molar-refractivity contribution >= 4 is 5.91 Å². The van der Waals surface area contributed by atoms with Crippen LogP contribution in [0, 0.1) is 0 Å². The third-order valence-electron chi connectivity index (χ3n) is 2.44. The highest BCUT2D eigenvalue weighted by Gasteiger charge is 2.50. The third kappa shape index (κ3) is 3.62. The molecule has 0 aliphatic carbocycles. The van der Waals surface area contributed by atoms with Gasteiger partial charge in [0.15, 0.2) is 0 Å². The molecule has 0 aromatic heterocycles. The molecule has 1 amide bonds. The summed E-state index contributed by atoms with van der Waals surface area (Å²) in [6.45, 7) is 2.67. The Labute approximate surface area is 90.8 Å². The van der Waals surface area contributed by atoms with Crippen molar-refractivity contribution in [2.45, 2.75) is 44.6 Å². The summed E-state index contributed by atoms with van der Waals surface area (Å²) in [4.78, 5) is 10.9. The SMILES string of the molecule is CCC(C)(CCO)NC(=O)C(F)(F)C(F)F. The Morgan fingerprint density at radius 2 is 1.94 bits per heavy atom. The van der Waals surface area contributed by atoms with Crippen molar-refractivity contribution < 1.29 is 27.5 Å². The zero-order valence-corrected chi connectivity index (χ0v) is 9.07. The Morgan fingerprint density at radius 3 is 2.25 bits per heavy atom. The van der Waals surface area contributed by atoms with E-state index in [1.165, 1.54) is 6.92 Å². The first-order valence-corrected chi connectivity index (χ1v) is 4.79. The number of hydrogen-bond donors (Lipinski definition) is 2. The van der Waals surface area contributed by atoms with E-state index >= 15 is 0 Å². The van der Waals surface area contributed by atoms with Gasteiger partial charge in [0.25, 0.3) is 5.91 Å². The minimum absolute atomic E-state index is 0.0224. The van der Waals surface area contributed by atoms with Crippen LogP contribution in [-0.4, -0.2) is 35.5 Å². The molecule has 2 N–H and O–H groups in total.